The SMILES string of the molecule is CCCN(Cc1ccc(-c2ccc(CN(c3ccc(C)c(C)c3)C(C)C)cc2)cc1)c1ccc(C)c(C)c1. The molecule has 0 saturated heterocycles. The van der Waals surface area contributed by atoms with Crippen molar-refractivity contribution in [1.82, 2.24) is 0 Å². The molecule has 4 rings (SSSR count). The predicted octanol–water partition coefficient (Wildman–Crippen LogP) is 9.42. The molecule has 0 aliphatic rings. The fourth-order valence-corrected chi connectivity index (χ4v) is 4.99. The van der Waals surface area contributed by atoms with Gasteiger partial charge in [0.05, 0.1) is 0 Å². The summed E-state index contributed by atoms with van der Waals surface area (Å²) >= 11 is 0. The number of aryl methyl sites for hydroxylation is 4. The largest absolute Gasteiger partial charge is 0.367 e. The van der Waals surface area contributed by atoms with E-state index in [0.717, 1.165) is 26.1 Å². The molecule has 0 aliphatic carbocycles. The van der Waals surface area contributed by atoms with Crippen LogP contribution in [0.5, 0.6) is 0 Å². The van der Waals surface area contributed by atoms with Gasteiger partial charge in [0.15, 0.2) is 0 Å². The third-order valence-electron chi connectivity index (χ3n) is 7.76. The van der Waals surface area contributed by atoms with Gasteiger partial charge in [0.2, 0.25) is 0 Å². The number of benzene rings is 4. The first kappa shape index (κ1) is 27.5. The zero-order valence-electron chi connectivity index (χ0n) is 24.4. The Kier molecular flexibility index (Phi) is 8.94. The van der Waals surface area contributed by atoms with Gasteiger partial charge in [-0.1, -0.05) is 67.6 Å². The highest BCUT2D eigenvalue weighted by molar-refractivity contribution is 5.64. The van der Waals surface area contributed by atoms with Crippen molar-refractivity contribution >= 4 is 11.4 Å². The fourth-order valence-electron chi connectivity index (χ4n) is 4.99. The molecule has 2 nitrogen and oxygen atoms in total. The van der Waals surface area contributed by atoms with E-state index in [1.807, 2.05) is 0 Å². The van der Waals surface area contributed by atoms with Crippen LogP contribution in [0.15, 0.2) is 84.9 Å². The highest BCUT2D eigenvalue weighted by Gasteiger charge is 2.13. The van der Waals surface area contributed by atoms with Crippen LogP contribution in [-0.4, -0.2) is 12.6 Å². The Morgan fingerprint density at radius 1 is 0.553 bits per heavy atom. The molecule has 4 aromatic rings. The first-order valence-electron chi connectivity index (χ1n) is 14.1. The zero-order valence-corrected chi connectivity index (χ0v) is 24.4. The number of rotatable bonds is 10. The lowest BCUT2D eigenvalue weighted by atomic mass is 10.0. The van der Waals surface area contributed by atoms with E-state index in [0.29, 0.717) is 6.04 Å². The second kappa shape index (κ2) is 12.3. The van der Waals surface area contributed by atoms with Crippen LogP contribution < -0.4 is 9.80 Å². The van der Waals surface area contributed by atoms with E-state index in [1.165, 1.54) is 55.9 Å². The smallest absolute Gasteiger partial charge is 0.0432 e. The second-order valence-corrected chi connectivity index (χ2v) is 11.1. The van der Waals surface area contributed by atoms with Gasteiger partial charge in [-0.3, -0.25) is 0 Å². The summed E-state index contributed by atoms with van der Waals surface area (Å²) in [5.74, 6) is 0. The monoisotopic (exact) mass is 504 g/mol. The highest BCUT2D eigenvalue weighted by Crippen LogP contribution is 2.26. The summed E-state index contributed by atoms with van der Waals surface area (Å²) in [5.41, 5.74) is 13.2. The molecule has 0 heterocycles. The average molecular weight is 505 g/mol. The van der Waals surface area contributed by atoms with Gasteiger partial charge in [0, 0.05) is 37.1 Å². The van der Waals surface area contributed by atoms with E-state index in [-0.39, 0.29) is 0 Å². The molecule has 38 heavy (non-hydrogen) atoms. The quantitative estimate of drug-likeness (QED) is 0.212. The van der Waals surface area contributed by atoms with Gasteiger partial charge in [-0.2, -0.15) is 0 Å². The first-order valence-corrected chi connectivity index (χ1v) is 14.1. The summed E-state index contributed by atoms with van der Waals surface area (Å²) in [5, 5.41) is 0. The Labute approximate surface area is 231 Å². The molecule has 0 N–H and O–H groups in total. The van der Waals surface area contributed by atoms with Crippen LogP contribution in [0.1, 0.15) is 60.6 Å². The third kappa shape index (κ3) is 6.67. The van der Waals surface area contributed by atoms with E-state index in [4.69, 9.17) is 0 Å². The van der Waals surface area contributed by atoms with Gasteiger partial charge < -0.3 is 9.80 Å². The predicted molar refractivity (Wildman–Crippen MR) is 166 cm³/mol. The zero-order chi connectivity index (χ0) is 27.2. The Balaban J connectivity index is 1.45. The van der Waals surface area contributed by atoms with Crippen LogP contribution in [0.3, 0.4) is 0 Å². The molecule has 0 spiro atoms. The summed E-state index contributed by atoms with van der Waals surface area (Å²) < 4.78 is 0. The minimum atomic E-state index is 0.431. The molecule has 2 heteroatoms. The fraction of sp³-hybridized carbons (Fsp3) is 0.333. The van der Waals surface area contributed by atoms with Crippen LogP contribution in [-0.2, 0) is 13.1 Å². The maximum atomic E-state index is 2.49. The number of anilines is 2. The van der Waals surface area contributed by atoms with Crippen LogP contribution in [0, 0.1) is 27.7 Å². The maximum Gasteiger partial charge on any atom is 0.0432 e. The van der Waals surface area contributed by atoms with E-state index in [9.17, 15) is 0 Å². The van der Waals surface area contributed by atoms with Gasteiger partial charge >= 0.3 is 0 Å². The lowest BCUT2D eigenvalue weighted by molar-refractivity contribution is 0.682. The van der Waals surface area contributed by atoms with Crippen molar-refractivity contribution in [2.45, 2.75) is 74.0 Å². The van der Waals surface area contributed by atoms with Gasteiger partial charge in [0.25, 0.3) is 0 Å². The van der Waals surface area contributed by atoms with Crippen LogP contribution in [0.25, 0.3) is 11.1 Å². The van der Waals surface area contributed by atoms with Crippen molar-refractivity contribution in [1.29, 1.82) is 0 Å². The summed E-state index contributed by atoms with van der Waals surface area (Å²) in [4.78, 5) is 4.97. The molecule has 0 bridgehead atoms. The van der Waals surface area contributed by atoms with Gasteiger partial charge in [-0.25, -0.2) is 0 Å². The summed E-state index contributed by atoms with van der Waals surface area (Å²) in [6, 6.07) is 32.2. The molecule has 0 unspecified atom stereocenters. The molecule has 198 valence electrons. The normalized spacial score (nSPS) is 11.2. The summed E-state index contributed by atoms with van der Waals surface area (Å²) in [7, 11) is 0. The third-order valence-corrected chi connectivity index (χ3v) is 7.76. The number of hydrogen-bond acceptors (Lipinski definition) is 2. The molecule has 0 aliphatic heterocycles. The van der Waals surface area contributed by atoms with Crippen LogP contribution >= 0.6 is 0 Å². The lowest BCUT2D eigenvalue weighted by Gasteiger charge is -2.30. The van der Waals surface area contributed by atoms with Crippen molar-refractivity contribution in [3.8, 4) is 11.1 Å². The highest BCUT2D eigenvalue weighted by atomic mass is 15.1. The Bertz CT molecular complexity index is 1330. The van der Waals surface area contributed by atoms with E-state index >= 15 is 0 Å². The Hall–Kier alpha value is -3.52. The minimum Gasteiger partial charge on any atom is -0.367 e. The van der Waals surface area contributed by atoms with Crippen molar-refractivity contribution in [3.05, 3.63) is 118 Å². The molecule has 0 radical (unpaired) electrons. The standard InChI is InChI=1S/C36H44N2/c1-8-21-37(35-19-9-27(4)29(6)22-35)24-31-11-15-33(16-12-31)34-17-13-32(14-18-34)25-38(26(2)3)36-20-10-28(5)30(7)23-36/h9-20,22-23,26H,8,21,24-25H2,1-7H3. The molecular formula is C36H44N2. The lowest BCUT2D eigenvalue weighted by Crippen LogP contribution is -2.30. The van der Waals surface area contributed by atoms with Crippen LogP contribution in [0.4, 0.5) is 11.4 Å². The number of nitrogens with zero attached hydrogens (tertiary/aromatic N) is 2. The van der Waals surface area contributed by atoms with Crippen molar-refractivity contribution < 1.29 is 0 Å². The molecular weight excluding hydrogens is 460 g/mol. The topological polar surface area (TPSA) is 6.48 Å². The Morgan fingerprint density at radius 3 is 1.50 bits per heavy atom. The molecule has 0 fully saturated rings. The average Bonchev–Trinajstić information content (AvgIpc) is 2.91. The van der Waals surface area contributed by atoms with E-state index < -0.39 is 0 Å². The molecule has 0 aromatic heterocycles. The Morgan fingerprint density at radius 2 is 1.03 bits per heavy atom. The summed E-state index contributed by atoms with van der Waals surface area (Å²) in [6.07, 6.45) is 1.13. The first-order chi connectivity index (χ1) is 18.2. The molecule has 0 atom stereocenters. The van der Waals surface area contributed by atoms with Crippen LogP contribution in [0.2, 0.25) is 0 Å². The molecule has 0 saturated carbocycles. The summed E-state index contributed by atoms with van der Waals surface area (Å²) in [6.45, 7) is 18.4. The van der Waals surface area contributed by atoms with Crippen molar-refractivity contribution in [2.75, 3.05) is 16.3 Å². The molecule has 4 aromatic carbocycles. The maximum absolute atomic E-state index is 2.49. The van der Waals surface area contributed by atoms with Gasteiger partial charge in [-0.15, -0.1) is 0 Å². The number of hydrogen-bond donors (Lipinski definition) is 0. The van der Waals surface area contributed by atoms with Gasteiger partial charge in [-0.05, 0) is 117 Å². The minimum absolute atomic E-state index is 0.431. The van der Waals surface area contributed by atoms with E-state index in [2.05, 4.69) is 143 Å². The molecule has 0 amide bonds. The van der Waals surface area contributed by atoms with Crippen molar-refractivity contribution in [2.24, 2.45) is 0 Å². The van der Waals surface area contributed by atoms with E-state index in [1.54, 1.807) is 0 Å². The van der Waals surface area contributed by atoms with Gasteiger partial charge in [0.1, 0.15) is 0 Å². The second-order valence-electron chi connectivity index (χ2n) is 11.1. The van der Waals surface area contributed by atoms with Crippen molar-refractivity contribution in [3.63, 3.8) is 0 Å².